The zero-order valence-corrected chi connectivity index (χ0v) is 13.4. The van der Waals surface area contributed by atoms with Crippen LogP contribution in [0.5, 0.6) is 0 Å². The Morgan fingerprint density at radius 1 is 1.47 bits per heavy atom. The third-order valence-corrected chi connectivity index (χ3v) is 6.76. The molecule has 2 rings (SSSR count). The minimum atomic E-state index is 0.289. The van der Waals surface area contributed by atoms with E-state index in [1.54, 1.807) is 0 Å². The van der Waals surface area contributed by atoms with Gasteiger partial charge in [0.15, 0.2) is 4.60 Å². The molecule has 3 atom stereocenters. The zero-order chi connectivity index (χ0) is 12.4. The normalized spacial score (nSPS) is 27.1. The molecule has 2 heterocycles. The maximum absolute atomic E-state index is 4.08. The molecule has 1 aromatic heterocycles. The van der Waals surface area contributed by atoms with E-state index in [2.05, 4.69) is 50.2 Å². The summed E-state index contributed by atoms with van der Waals surface area (Å²) >= 11 is 7.59. The Morgan fingerprint density at radius 2 is 2.18 bits per heavy atom. The predicted molar refractivity (Wildman–Crippen MR) is 78.7 cm³/mol. The summed E-state index contributed by atoms with van der Waals surface area (Å²) < 4.78 is 2.71. The van der Waals surface area contributed by atoms with E-state index < -0.39 is 0 Å². The van der Waals surface area contributed by atoms with E-state index in [0.29, 0.717) is 10.5 Å². The second kappa shape index (κ2) is 5.95. The van der Waals surface area contributed by atoms with Crippen LogP contribution in [-0.2, 0) is 7.05 Å². The van der Waals surface area contributed by atoms with Crippen molar-refractivity contribution in [1.29, 1.82) is 0 Å². The molecule has 4 nitrogen and oxygen atoms in total. The summed E-state index contributed by atoms with van der Waals surface area (Å²) in [7, 11) is 3.96. The number of hydrogen-bond donors (Lipinski definition) is 1. The summed E-state index contributed by atoms with van der Waals surface area (Å²) in [5, 5.41) is 12.8. The number of aromatic nitrogens is 3. The molecule has 0 spiro atoms. The largest absolute Gasteiger partial charge is 0.311 e. The summed E-state index contributed by atoms with van der Waals surface area (Å²) in [6, 6.07) is 0.289. The molecule has 0 aliphatic carbocycles. The number of nitrogens with one attached hydrogen (secondary N) is 1. The van der Waals surface area contributed by atoms with Crippen molar-refractivity contribution >= 4 is 39.5 Å². The maximum Gasteiger partial charge on any atom is 0.153 e. The van der Waals surface area contributed by atoms with Crippen LogP contribution in [0.25, 0.3) is 0 Å². The summed E-state index contributed by atoms with van der Waals surface area (Å²) in [6.45, 7) is 2.31. The van der Waals surface area contributed by atoms with Crippen molar-refractivity contribution in [2.45, 2.75) is 23.5 Å². The fourth-order valence-electron chi connectivity index (χ4n) is 2.14. The van der Waals surface area contributed by atoms with Crippen LogP contribution in [0.4, 0.5) is 0 Å². The maximum atomic E-state index is 4.08. The van der Waals surface area contributed by atoms with Crippen LogP contribution in [0, 0.1) is 0 Å². The molecule has 1 aliphatic heterocycles. The smallest absolute Gasteiger partial charge is 0.153 e. The van der Waals surface area contributed by atoms with Crippen molar-refractivity contribution in [3.8, 4) is 0 Å². The Hall–Kier alpha value is 0.280. The molecule has 0 radical (unpaired) electrons. The van der Waals surface area contributed by atoms with Gasteiger partial charge in [-0.1, -0.05) is 12.1 Å². The molecule has 3 unspecified atom stereocenters. The average Bonchev–Trinajstić information content (AvgIpc) is 2.64. The fraction of sp³-hybridized carbons (Fsp3) is 0.800. The van der Waals surface area contributed by atoms with Crippen LogP contribution in [0.15, 0.2) is 4.60 Å². The molecule has 0 saturated carbocycles. The third kappa shape index (κ3) is 2.83. The topological polar surface area (TPSA) is 42.7 Å². The Bertz CT molecular complexity index is 365. The van der Waals surface area contributed by atoms with E-state index in [9.17, 15) is 0 Å². The standard InChI is InChI=1S/C10H17BrN4S2/c1-6-9(17-5-4-16-6)7(12-2)8-10(11)13-14-15(8)3/h6-7,9,12H,4-5H2,1-3H3. The van der Waals surface area contributed by atoms with Gasteiger partial charge in [-0.15, -0.1) is 5.10 Å². The molecule has 1 fully saturated rings. The third-order valence-electron chi connectivity index (χ3n) is 3.00. The first-order valence-electron chi connectivity index (χ1n) is 5.60. The van der Waals surface area contributed by atoms with Gasteiger partial charge >= 0.3 is 0 Å². The molecule has 0 bridgehead atoms. The highest BCUT2D eigenvalue weighted by atomic mass is 79.9. The molecule has 7 heteroatoms. The van der Waals surface area contributed by atoms with Crippen LogP contribution in [0.2, 0.25) is 0 Å². The van der Waals surface area contributed by atoms with Crippen LogP contribution in [-0.4, -0.2) is 44.0 Å². The van der Waals surface area contributed by atoms with Crippen molar-refractivity contribution in [3.05, 3.63) is 10.3 Å². The van der Waals surface area contributed by atoms with E-state index in [1.807, 2.05) is 30.5 Å². The molecule has 17 heavy (non-hydrogen) atoms. The van der Waals surface area contributed by atoms with Crippen molar-refractivity contribution < 1.29 is 0 Å². The van der Waals surface area contributed by atoms with Gasteiger partial charge in [0.05, 0.1) is 11.7 Å². The number of hydrogen-bond acceptors (Lipinski definition) is 5. The Kier molecular flexibility index (Phi) is 4.80. The first-order chi connectivity index (χ1) is 8.15. The molecule has 1 N–H and O–H groups in total. The summed E-state index contributed by atoms with van der Waals surface area (Å²) in [5.74, 6) is 2.48. The van der Waals surface area contributed by atoms with Gasteiger partial charge in [0.1, 0.15) is 0 Å². The Balaban J connectivity index is 2.26. The predicted octanol–water partition coefficient (Wildman–Crippen LogP) is 2.08. The minimum Gasteiger partial charge on any atom is -0.311 e. The van der Waals surface area contributed by atoms with Gasteiger partial charge in [0.2, 0.25) is 0 Å². The monoisotopic (exact) mass is 336 g/mol. The number of thioether (sulfide) groups is 2. The van der Waals surface area contributed by atoms with E-state index in [0.717, 1.165) is 10.3 Å². The molecular formula is C10H17BrN4S2. The molecule has 0 amide bonds. The quantitative estimate of drug-likeness (QED) is 0.915. The van der Waals surface area contributed by atoms with Crippen LogP contribution >= 0.6 is 39.5 Å². The van der Waals surface area contributed by atoms with Gasteiger partial charge in [-0.2, -0.15) is 23.5 Å². The van der Waals surface area contributed by atoms with E-state index in [1.165, 1.54) is 11.5 Å². The fourth-order valence-corrected chi connectivity index (χ4v) is 5.68. The van der Waals surface area contributed by atoms with Crippen LogP contribution in [0.1, 0.15) is 18.7 Å². The lowest BCUT2D eigenvalue weighted by molar-refractivity contribution is 0.513. The van der Waals surface area contributed by atoms with Crippen LogP contribution in [0.3, 0.4) is 0 Å². The first-order valence-corrected chi connectivity index (χ1v) is 8.49. The average molecular weight is 337 g/mol. The highest BCUT2D eigenvalue weighted by Crippen LogP contribution is 2.39. The van der Waals surface area contributed by atoms with Gasteiger partial charge < -0.3 is 5.32 Å². The molecule has 0 aromatic carbocycles. The van der Waals surface area contributed by atoms with Crippen molar-refractivity contribution in [1.82, 2.24) is 20.3 Å². The van der Waals surface area contributed by atoms with Gasteiger partial charge in [-0.05, 0) is 23.0 Å². The number of aryl methyl sites for hydroxylation is 1. The van der Waals surface area contributed by atoms with Crippen molar-refractivity contribution in [2.24, 2.45) is 7.05 Å². The Morgan fingerprint density at radius 3 is 2.71 bits per heavy atom. The lowest BCUT2D eigenvalue weighted by Gasteiger charge is -2.34. The molecular weight excluding hydrogens is 320 g/mol. The SMILES string of the molecule is CNC(c1c(Br)nnn1C)C1SCCSC1C. The van der Waals surface area contributed by atoms with Crippen LogP contribution < -0.4 is 5.32 Å². The summed E-state index contributed by atoms with van der Waals surface area (Å²) in [4.78, 5) is 0. The highest BCUT2D eigenvalue weighted by Gasteiger charge is 2.33. The van der Waals surface area contributed by atoms with Gasteiger partial charge in [-0.25, -0.2) is 4.68 Å². The molecule has 1 aromatic rings. The number of nitrogens with zero attached hydrogens (tertiary/aromatic N) is 3. The number of halogens is 1. The second-order valence-corrected chi connectivity index (χ2v) is 7.59. The summed E-state index contributed by atoms with van der Waals surface area (Å²) in [6.07, 6.45) is 0. The molecule has 96 valence electrons. The summed E-state index contributed by atoms with van der Waals surface area (Å²) in [5.41, 5.74) is 1.14. The highest BCUT2D eigenvalue weighted by molar-refractivity contribution is 9.10. The number of rotatable bonds is 3. The first kappa shape index (κ1) is 13.7. The lowest BCUT2D eigenvalue weighted by atomic mass is 10.1. The Labute approximate surface area is 119 Å². The zero-order valence-electron chi connectivity index (χ0n) is 10.2. The van der Waals surface area contributed by atoms with Crippen molar-refractivity contribution in [3.63, 3.8) is 0 Å². The molecule has 1 aliphatic rings. The van der Waals surface area contributed by atoms with Crippen molar-refractivity contribution in [2.75, 3.05) is 18.6 Å². The second-order valence-electron chi connectivity index (χ2n) is 4.07. The minimum absolute atomic E-state index is 0.289. The van der Waals surface area contributed by atoms with E-state index >= 15 is 0 Å². The van der Waals surface area contributed by atoms with Gasteiger partial charge in [0.25, 0.3) is 0 Å². The van der Waals surface area contributed by atoms with Gasteiger partial charge in [-0.3, -0.25) is 0 Å². The van der Waals surface area contributed by atoms with Gasteiger partial charge in [0, 0.05) is 29.1 Å². The van der Waals surface area contributed by atoms with E-state index in [4.69, 9.17) is 0 Å². The van der Waals surface area contributed by atoms with E-state index in [-0.39, 0.29) is 6.04 Å². The molecule has 1 saturated heterocycles. The lowest BCUT2D eigenvalue weighted by Crippen LogP contribution is -2.37.